The fourth-order valence-electron chi connectivity index (χ4n) is 4.50. The largest absolute Gasteiger partial charge is 0.357 e. The molecule has 1 unspecified atom stereocenters. The fraction of sp³-hybridized carbons (Fsp3) is 0.632. The third kappa shape index (κ3) is 2.82. The molecule has 1 saturated carbocycles. The van der Waals surface area contributed by atoms with Gasteiger partial charge in [-0.1, -0.05) is 5.16 Å². The second kappa shape index (κ2) is 6.09. The average Bonchev–Trinajstić information content (AvgIpc) is 3.15. The van der Waals surface area contributed by atoms with Crippen LogP contribution < -0.4 is 10.2 Å². The summed E-state index contributed by atoms with van der Waals surface area (Å²) >= 11 is 0. The molecule has 2 aliphatic heterocycles. The van der Waals surface area contributed by atoms with Gasteiger partial charge in [0.05, 0.1) is 0 Å². The standard InChI is InChI=1S/C19H25N5O/c1-2-10-24(11-3-1)16-5-4-14(13-21-16)17-22-18(25-23-17)15-12-19(15)6-8-20-9-7-19/h4-5,13,15,20H,1-3,6-12H2. The van der Waals surface area contributed by atoms with Crippen LogP contribution in [-0.4, -0.2) is 41.3 Å². The van der Waals surface area contributed by atoms with Crippen molar-refractivity contribution >= 4 is 5.82 Å². The van der Waals surface area contributed by atoms with E-state index in [1.54, 1.807) is 0 Å². The quantitative estimate of drug-likeness (QED) is 0.927. The Labute approximate surface area is 148 Å². The van der Waals surface area contributed by atoms with Gasteiger partial charge >= 0.3 is 0 Å². The Balaban J connectivity index is 1.30. The maximum Gasteiger partial charge on any atom is 0.230 e. The number of hydrogen-bond donors (Lipinski definition) is 1. The molecule has 5 rings (SSSR count). The highest BCUT2D eigenvalue weighted by Gasteiger charge is 2.57. The molecule has 2 aromatic rings. The molecular formula is C19H25N5O. The van der Waals surface area contributed by atoms with Crippen molar-refractivity contribution < 1.29 is 4.52 Å². The van der Waals surface area contributed by atoms with Crippen molar-refractivity contribution in [3.63, 3.8) is 0 Å². The molecule has 0 radical (unpaired) electrons. The molecule has 1 N–H and O–H groups in total. The van der Waals surface area contributed by atoms with E-state index in [4.69, 9.17) is 4.52 Å². The maximum atomic E-state index is 5.60. The highest BCUT2D eigenvalue weighted by atomic mass is 16.5. The van der Waals surface area contributed by atoms with E-state index in [2.05, 4.69) is 37.5 Å². The number of anilines is 1. The second-order valence-electron chi connectivity index (χ2n) is 7.78. The molecule has 2 aromatic heterocycles. The van der Waals surface area contributed by atoms with Crippen LogP contribution in [0.1, 0.15) is 50.3 Å². The van der Waals surface area contributed by atoms with Crippen molar-refractivity contribution in [3.8, 4) is 11.4 Å². The lowest BCUT2D eigenvalue weighted by molar-refractivity contribution is 0.311. The molecule has 1 aliphatic carbocycles. The predicted octanol–water partition coefficient (Wildman–Crippen LogP) is 2.98. The van der Waals surface area contributed by atoms with Crippen molar-refractivity contribution in [1.82, 2.24) is 20.4 Å². The van der Waals surface area contributed by atoms with Gasteiger partial charge in [-0.3, -0.25) is 0 Å². The Bertz CT molecular complexity index is 729. The normalized spacial score (nSPS) is 25.3. The molecule has 0 amide bonds. The summed E-state index contributed by atoms with van der Waals surface area (Å²) in [6, 6.07) is 4.15. The Morgan fingerprint density at radius 1 is 1.12 bits per heavy atom. The van der Waals surface area contributed by atoms with E-state index in [9.17, 15) is 0 Å². The molecule has 2 saturated heterocycles. The van der Waals surface area contributed by atoms with E-state index in [0.717, 1.165) is 43.5 Å². The summed E-state index contributed by atoms with van der Waals surface area (Å²) in [5.41, 5.74) is 1.36. The first-order valence-corrected chi connectivity index (χ1v) is 9.60. The molecule has 6 heteroatoms. The Morgan fingerprint density at radius 2 is 1.96 bits per heavy atom. The summed E-state index contributed by atoms with van der Waals surface area (Å²) in [6.07, 6.45) is 9.38. The average molecular weight is 339 g/mol. The highest BCUT2D eigenvalue weighted by molar-refractivity contribution is 5.56. The molecule has 0 bridgehead atoms. The van der Waals surface area contributed by atoms with Crippen LogP contribution in [0.3, 0.4) is 0 Å². The van der Waals surface area contributed by atoms with Gasteiger partial charge in [-0.15, -0.1) is 0 Å². The van der Waals surface area contributed by atoms with E-state index in [1.807, 2.05) is 6.20 Å². The SMILES string of the molecule is c1cc(N2CCCCC2)ncc1-c1noc(C2CC23CCNCC3)n1. The Hall–Kier alpha value is -1.95. The van der Waals surface area contributed by atoms with Gasteiger partial charge in [0.1, 0.15) is 5.82 Å². The molecule has 1 spiro atoms. The van der Waals surface area contributed by atoms with E-state index >= 15 is 0 Å². The number of nitrogens with zero attached hydrogens (tertiary/aromatic N) is 4. The number of hydrogen-bond acceptors (Lipinski definition) is 6. The van der Waals surface area contributed by atoms with Crippen molar-refractivity contribution in [3.05, 3.63) is 24.2 Å². The van der Waals surface area contributed by atoms with Crippen molar-refractivity contribution in [2.24, 2.45) is 5.41 Å². The van der Waals surface area contributed by atoms with Crippen molar-refractivity contribution in [2.75, 3.05) is 31.1 Å². The number of piperidine rings is 2. The third-order valence-corrected chi connectivity index (χ3v) is 6.22. The number of nitrogens with one attached hydrogen (secondary N) is 1. The summed E-state index contributed by atoms with van der Waals surface area (Å²) < 4.78 is 5.60. The first kappa shape index (κ1) is 15.3. The van der Waals surface area contributed by atoms with Crippen LogP contribution in [0.25, 0.3) is 11.4 Å². The number of rotatable bonds is 3. The van der Waals surface area contributed by atoms with Gasteiger partial charge in [0.15, 0.2) is 0 Å². The molecule has 132 valence electrons. The van der Waals surface area contributed by atoms with Crippen LogP contribution in [0.4, 0.5) is 5.82 Å². The third-order valence-electron chi connectivity index (χ3n) is 6.22. The minimum atomic E-state index is 0.422. The summed E-state index contributed by atoms with van der Waals surface area (Å²) in [5, 5.41) is 7.65. The van der Waals surface area contributed by atoms with Crippen molar-refractivity contribution in [1.29, 1.82) is 0 Å². The highest BCUT2D eigenvalue weighted by Crippen LogP contribution is 2.63. The molecular weight excluding hydrogens is 314 g/mol. The summed E-state index contributed by atoms with van der Waals surface area (Å²) in [5.74, 6) is 3.00. The minimum absolute atomic E-state index is 0.422. The van der Waals surface area contributed by atoms with E-state index in [-0.39, 0.29) is 0 Å². The predicted molar refractivity (Wildman–Crippen MR) is 95.5 cm³/mol. The van der Waals surface area contributed by atoms with E-state index < -0.39 is 0 Å². The van der Waals surface area contributed by atoms with Gasteiger partial charge in [0, 0.05) is 30.8 Å². The fourth-order valence-corrected chi connectivity index (χ4v) is 4.50. The van der Waals surface area contributed by atoms with Gasteiger partial charge in [0.25, 0.3) is 0 Å². The molecule has 4 heterocycles. The monoisotopic (exact) mass is 339 g/mol. The van der Waals surface area contributed by atoms with Crippen LogP contribution in [-0.2, 0) is 0 Å². The summed E-state index contributed by atoms with van der Waals surface area (Å²) in [4.78, 5) is 11.7. The molecule has 3 aliphatic rings. The Morgan fingerprint density at radius 3 is 2.72 bits per heavy atom. The summed E-state index contributed by atoms with van der Waals surface area (Å²) in [6.45, 7) is 4.44. The van der Waals surface area contributed by atoms with E-state index in [1.165, 1.54) is 38.5 Å². The molecule has 1 atom stereocenters. The zero-order valence-electron chi connectivity index (χ0n) is 14.6. The minimum Gasteiger partial charge on any atom is -0.357 e. The first-order chi connectivity index (χ1) is 12.3. The lowest BCUT2D eigenvalue weighted by Gasteiger charge is -2.27. The van der Waals surface area contributed by atoms with Crippen LogP contribution >= 0.6 is 0 Å². The molecule has 6 nitrogen and oxygen atoms in total. The van der Waals surface area contributed by atoms with E-state index in [0.29, 0.717) is 17.2 Å². The van der Waals surface area contributed by atoms with Gasteiger partial charge in [-0.25, -0.2) is 4.98 Å². The summed E-state index contributed by atoms with van der Waals surface area (Å²) in [7, 11) is 0. The van der Waals surface area contributed by atoms with Gasteiger partial charge in [-0.2, -0.15) is 4.98 Å². The van der Waals surface area contributed by atoms with Gasteiger partial charge in [-0.05, 0) is 69.2 Å². The maximum absolute atomic E-state index is 5.60. The van der Waals surface area contributed by atoms with Gasteiger partial charge < -0.3 is 14.7 Å². The van der Waals surface area contributed by atoms with Crippen molar-refractivity contribution in [2.45, 2.75) is 44.4 Å². The lowest BCUT2D eigenvalue weighted by atomic mass is 9.92. The van der Waals surface area contributed by atoms with Crippen LogP contribution in [0.15, 0.2) is 22.9 Å². The lowest BCUT2D eigenvalue weighted by Crippen LogP contribution is -2.29. The zero-order valence-corrected chi connectivity index (χ0v) is 14.6. The smallest absolute Gasteiger partial charge is 0.230 e. The second-order valence-corrected chi connectivity index (χ2v) is 7.78. The van der Waals surface area contributed by atoms with Crippen LogP contribution in [0.5, 0.6) is 0 Å². The zero-order chi connectivity index (χ0) is 16.7. The Kier molecular flexibility index (Phi) is 3.73. The number of aromatic nitrogens is 3. The topological polar surface area (TPSA) is 67.1 Å². The van der Waals surface area contributed by atoms with Crippen LogP contribution in [0, 0.1) is 5.41 Å². The van der Waals surface area contributed by atoms with Crippen LogP contribution in [0.2, 0.25) is 0 Å². The number of pyridine rings is 1. The molecule has 25 heavy (non-hydrogen) atoms. The first-order valence-electron chi connectivity index (χ1n) is 9.60. The van der Waals surface area contributed by atoms with Gasteiger partial charge in [0.2, 0.25) is 11.7 Å². The molecule has 0 aromatic carbocycles. The molecule has 3 fully saturated rings.